The van der Waals surface area contributed by atoms with E-state index in [2.05, 4.69) is 118 Å². The van der Waals surface area contributed by atoms with E-state index in [9.17, 15) is 5.26 Å². The Bertz CT molecular complexity index is 2550. The third-order valence-corrected chi connectivity index (χ3v) is 8.33. The molecule has 0 fully saturated rings. The van der Waals surface area contributed by atoms with Crippen LogP contribution in [0.25, 0.3) is 76.9 Å². The fourth-order valence-electron chi connectivity index (χ4n) is 6.60. The molecule has 4 heteroatoms. The Morgan fingerprint density at radius 2 is 1.12 bits per heavy atom. The number of benzene rings is 6. The SMILES string of the molecule is N#Cc1ccc2c(c1)c1ccccc1n2-c1cccc(-n2c3ccccc3c3c4oc5ccccc5c4ccc32)c1. The van der Waals surface area contributed by atoms with Gasteiger partial charge in [0.15, 0.2) is 0 Å². The highest BCUT2D eigenvalue weighted by atomic mass is 16.3. The van der Waals surface area contributed by atoms with Crippen molar-refractivity contribution >= 4 is 65.6 Å². The average molecular weight is 524 g/mol. The number of nitrogens with zero attached hydrogens (tertiary/aromatic N) is 3. The van der Waals surface area contributed by atoms with Crippen molar-refractivity contribution in [3.05, 3.63) is 133 Å². The van der Waals surface area contributed by atoms with Crippen molar-refractivity contribution in [1.82, 2.24) is 9.13 Å². The largest absolute Gasteiger partial charge is 0.455 e. The van der Waals surface area contributed by atoms with Gasteiger partial charge in [0.1, 0.15) is 11.2 Å². The molecule has 3 heterocycles. The van der Waals surface area contributed by atoms with Gasteiger partial charge in [0, 0.05) is 38.3 Å². The minimum Gasteiger partial charge on any atom is -0.455 e. The zero-order chi connectivity index (χ0) is 27.1. The second-order valence-electron chi connectivity index (χ2n) is 10.5. The lowest BCUT2D eigenvalue weighted by molar-refractivity contribution is 0.673. The van der Waals surface area contributed by atoms with Crippen LogP contribution in [0.5, 0.6) is 0 Å². The number of nitriles is 1. The summed E-state index contributed by atoms with van der Waals surface area (Å²) in [6.45, 7) is 0. The third kappa shape index (κ3) is 2.98. The van der Waals surface area contributed by atoms with Gasteiger partial charge in [-0.2, -0.15) is 5.26 Å². The van der Waals surface area contributed by atoms with E-state index in [4.69, 9.17) is 4.42 Å². The molecule has 9 aromatic rings. The minimum absolute atomic E-state index is 0.663. The fraction of sp³-hybridized carbons (Fsp3) is 0. The van der Waals surface area contributed by atoms with Crippen LogP contribution in [0.2, 0.25) is 0 Å². The molecule has 6 aromatic carbocycles. The van der Waals surface area contributed by atoms with Crippen LogP contribution in [0.3, 0.4) is 0 Å². The van der Waals surface area contributed by atoms with Gasteiger partial charge in [0.25, 0.3) is 0 Å². The normalized spacial score (nSPS) is 11.9. The first-order chi connectivity index (χ1) is 20.3. The van der Waals surface area contributed by atoms with Gasteiger partial charge in [-0.15, -0.1) is 0 Å². The standard InChI is InChI=1S/C37H21N3O/c38-22-23-16-18-33-30(20-23)26-10-1-4-13-31(26)39(33)24-8-7-9-25(21-24)40-32-14-5-2-12-29(32)36-34(40)19-17-28-27-11-3-6-15-35(27)41-37(28)36/h1-21H. The maximum Gasteiger partial charge on any atom is 0.145 e. The Hall–Kier alpha value is -5.79. The van der Waals surface area contributed by atoms with Crippen LogP contribution in [0.15, 0.2) is 132 Å². The second kappa shape index (κ2) is 8.11. The van der Waals surface area contributed by atoms with Gasteiger partial charge in [-0.25, -0.2) is 0 Å². The molecule has 190 valence electrons. The Labute approximate surface area is 234 Å². The van der Waals surface area contributed by atoms with Crippen molar-refractivity contribution in [3.8, 4) is 17.4 Å². The monoisotopic (exact) mass is 523 g/mol. The van der Waals surface area contributed by atoms with E-state index in [1.807, 2.05) is 24.3 Å². The highest BCUT2D eigenvalue weighted by Crippen LogP contribution is 2.41. The fourth-order valence-corrected chi connectivity index (χ4v) is 6.60. The topological polar surface area (TPSA) is 46.8 Å². The first kappa shape index (κ1) is 22.1. The van der Waals surface area contributed by atoms with E-state index < -0.39 is 0 Å². The summed E-state index contributed by atoms with van der Waals surface area (Å²) >= 11 is 0. The number of para-hydroxylation sites is 3. The predicted molar refractivity (Wildman–Crippen MR) is 167 cm³/mol. The smallest absolute Gasteiger partial charge is 0.145 e. The van der Waals surface area contributed by atoms with Crippen LogP contribution in [-0.4, -0.2) is 9.13 Å². The molecule has 0 aliphatic rings. The molecule has 0 radical (unpaired) electrons. The molecule has 0 saturated heterocycles. The van der Waals surface area contributed by atoms with Crippen LogP contribution >= 0.6 is 0 Å². The third-order valence-electron chi connectivity index (χ3n) is 8.33. The molecule has 0 atom stereocenters. The molecule has 0 amide bonds. The molecule has 0 saturated carbocycles. The van der Waals surface area contributed by atoms with Gasteiger partial charge in [-0.05, 0) is 66.7 Å². The van der Waals surface area contributed by atoms with Crippen molar-refractivity contribution in [2.24, 2.45) is 0 Å². The lowest BCUT2D eigenvalue weighted by atomic mass is 10.1. The quantitative estimate of drug-likeness (QED) is 0.226. The lowest BCUT2D eigenvalue weighted by Gasteiger charge is -2.12. The average Bonchev–Trinajstić information content (AvgIpc) is 3.68. The lowest BCUT2D eigenvalue weighted by Crippen LogP contribution is -1.98. The molecular formula is C37H21N3O. The van der Waals surface area contributed by atoms with Gasteiger partial charge in [-0.1, -0.05) is 60.7 Å². The summed E-state index contributed by atoms with van der Waals surface area (Å²) in [5.74, 6) is 0. The zero-order valence-corrected chi connectivity index (χ0v) is 21.9. The van der Waals surface area contributed by atoms with Crippen LogP contribution in [0.4, 0.5) is 0 Å². The molecule has 41 heavy (non-hydrogen) atoms. The van der Waals surface area contributed by atoms with E-state index in [0.29, 0.717) is 5.56 Å². The van der Waals surface area contributed by atoms with E-state index in [0.717, 1.165) is 71.5 Å². The van der Waals surface area contributed by atoms with Crippen LogP contribution in [0, 0.1) is 11.3 Å². The Morgan fingerprint density at radius 3 is 1.93 bits per heavy atom. The number of aromatic nitrogens is 2. The zero-order valence-electron chi connectivity index (χ0n) is 21.9. The molecule has 9 rings (SSSR count). The number of hydrogen-bond donors (Lipinski definition) is 0. The van der Waals surface area contributed by atoms with Crippen LogP contribution in [-0.2, 0) is 0 Å². The number of furan rings is 1. The van der Waals surface area contributed by atoms with E-state index in [-0.39, 0.29) is 0 Å². The Morgan fingerprint density at radius 1 is 0.488 bits per heavy atom. The van der Waals surface area contributed by atoms with Crippen LogP contribution in [0.1, 0.15) is 5.56 Å². The predicted octanol–water partition coefficient (Wildman–Crippen LogP) is 9.65. The van der Waals surface area contributed by atoms with E-state index in [1.54, 1.807) is 0 Å². The van der Waals surface area contributed by atoms with Crippen LogP contribution < -0.4 is 0 Å². The summed E-state index contributed by atoms with van der Waals surface area (Å²) in [5, 5.41) is 16.3. The molecule has 0 aliphatic heterocycles. The summed E-state index contributed by atoms with van der Waals surface area (Å²) in [6.07, 6.45) is 0. The van der Waals surface area contributed by atoms with Crippen molar-refractivity contribution in [2.75, 3.05) is 0 Å². The molecule has 0 aliphatic carbocycles. The van der Waals surface area contributed by atoms with Crippen molar-refractivity contribution in [1.29, 1.82) is 5.26 Å². The van der Waals surface area contributed by atoms with E-state index >= 15 is 0 Å². The highest BCUT2D eigenvalue weighted by molar-refractivity contribution is 6.23. The minimum atomic E-state index is 0.663. The van der Waals surface area contributed by atoms with E-state index in [1.165, 1.54) is 5.39 Å². The number of fused-ring (bicyclic) bond motifs is 10. The Balaban J connectivity index is 1.35. The first-order valence-electron chi connectivity index (χ1n) is 13.7. The number of hydrogen-bond acceptors (Lipinski definition) is 2. The molecule has 0 unspecified atom stereocenters. The molecule has 0 N–H and O–H groups in total. The Kier molecular flexibility index (Phi) is 4.37. The summed E-state index contributed by atoms with van der Waals surface area (Å²) in [7, 11) is 0. The van der Waals surface area contributed by atoms with Crippen molar-refractivity contribution in [2.45, 2.75) is 0 Å². The molecule has 0 bridgehead atoms. The van der Waals surface area contributed by atoms with Gasteiger partial charge in [0.05, 0.1) is 39.1 Å². The summed E-state index contributed by atoms with van der Waals surface area (Å²) < 4.78 is 11.1. The maximum absolute atomic E-state index is 9.55. The molecule has 4 nitrogen and oxygen atoms in total. The summed E-state index contributed by atoms with van der Waals surface area (Å²) in [6, 6.07) is 46.5. The van der Waals surface area contributed by atoms with Gasteiger partial charge >= 0.3 is 0 Å². The maximum atomic E-state index is 9.55. The highest BCUT2D eigenvalue weighted by Gasteiger charge is 2.19. The van der Waals surface area contributed by atoms with Gasteiger partial charge in [-0.3, -0.25) is 0 Å². The van der Waals surface area contributed by atoms with Gasteiger partial charge < -0.3 is 13.6 Å². The van der Waals surface area contributed by atoms with Crippen molar-refractivity contribution in [3.63, 3.8) is 0 Å². The summed E-state index contributed by atoms with van der Waals surface area (Å²) in [5.41, 5.74) is 9.05. The van der Waals surface area contributed by atoms with Crippen molar-refractivity contribution < 1.29 is 4.42 Å². The first-order valence-corrected chi connectivity index (χ1v) is 13.7. The number of rotatable bonds is 2. The second-order valence-corrected chi connectivity index (χ2v) is 10.5. The molecular weight excluding hydrogens is 502 g/mol. The molecule has 0 spiro atoms. The summed E-state index contributed by atoms with van der Waals surface area (Å²) in [4.78, 5) is 0. The van der Waals surface area contributed by atoms with Gasteiger partial charge in [0.2, 0.25) is 0 Å². The molecule has 3 aromatic heterocycles.